The van der Waals surface area contributed by atoms with Gasteiger partial charge in [-0.3, -0.25) is 0 Å². The van der Waals surface area contributed by atoms with Crippen LogP contribution < -0.4 is 0 Å². The third-order valence-electron chi connectivity index (χ3n) is 0. The molecule has 0 rings (SSSR count). The molecule has 0 saturated carbocycles. The van der Waals surface area contributed by atoms with Crippen molar-refractivity contribution in [1.82, 2.24) is 0 Å². The van der Waals surface area contributed by atoms with Crippen LogP contribution in [-0.2, 0) is 42.3 Å². The summed E-state index contributed by atoms with van der Waals surface area (Å²) in [5.74, 6) is 0. The van der Waals surface area contributed by atoms with E-state index in [-0.39, 0.29) is 29.5 Å². The second-order valence-corrected chi connectivity index (χ2v) is 0. The Balaban J connectivity index is -0.00000000500. The Morgan fingerprint density at radius 2 is 0.833 bits per heavy atom. The van der Waals surface area contributed by atoms with Crippen LogP contribution >= 0.6 is 12.4 Å². The van der Waals surface area contributed by atoms with Gasteiger partial charge in [0.1, 0.15) is 0 Å². The molecule has 0 nitrogen and oxygen atoms in total. The van der Waals surface area contributed by atoms with E-state index >= 15 is 0 Å². The van der Waals surface area contributed by atoms with Gasteiger partial charge in [-0.1, -0.05) is 0 Å². The maximum Gasteiger partial charge on any atom is 2.00 e. The quantitative estimate of drug-likeness (QED) is 0.412. The number of rotatable bonds is 0. The zero-order chi connectivity index (χ0) is 4.00. The minimum atomic E-state index is 0. The third kappa shape index (κ3) is 49.2. The summed E-state index contributed by atoms with van der Waals surface area (Å²) in [6.45, 7) is 0. The van der Waals surface area contributed by atoms with Crippen LogP contribution in [0.3, 0.4) is 0 Å². The number of hydrogen-bond donors (Lipinski definition) is 0. The van der Waals surface area contributed by atoms with Crippen molar-refractivity contribution in [3.63, 3.8) is 0 Å². The Morgan fingerprint density at radius 1 is 0.833 bits per heavy atom. The Bertz CT molecular complexity index is 11.5. The Morgan fingerprint density at radius 3 is 0.833 bits per heavy atom. The second kappa shape index (κ2) is 86.7. The fourth-order valence-electron chi connectivity index (χ4n) is 0. The summed E-state index contributed by atoms with van der Waals surface area (Å²) >= 11 is 8.17. The van der Waals surface area contributed by atoms with Gasteiger partial charge in [0, 0.05) is 0 Å². The van der Waals surface area contributed by atoms with Crippen molar-refractivity contribution in [3.8, 4) is 0 Å². The van der Waals surface area contributed by atoms with Gasteiger partial charge >= 0.3 is 17.1 Å². The van der Waals surface area contributed by atoms with E-state index in [1.54, 1.807) is 12.5 Å². The summed E-state index contributed by atoms with van der Waals surface area (Å²) in [6, 6.07) is 0. The molecule has 6 heavy (non-hydrogen) atoms. The SMILES string of the molecule is C[S-].C[S-].Cl.[Cu+2]. The average Bonchev–Trinajstić information content (AvgIpc) is 1.50. The maximum absolute atomic E-state index is 4.08. The first-order valence-corrected chi connectivity index (χ1v) is 2.45. The summed E-state index contributed by atoms with van der Waals surface area (Å²) in [7, 11) is 0. The minimum absolute atomic E-state index is 0. The zero-order valence-corrected chi connectivity index (χ0v) is 6.92. The molecule has 0 atom stereocenters. The molecule has 0 heterocycles. The van der Waals surface area contributed by atoms with Gasteiger partial charge in [-0.05, 0) is 0 Å². The van der Waals surface area contributed by atoms with E-state index in [0.717, 1.165) is 0 Å². The molecule has 0 aromatic heterocycles. The summed E-state index contributed by atoms with van der Waals surface area (Å²) in [4.78, 5) is 0. The first-order chi connectivity index (χ1) is 2.00. The van der Waals surface area contributed by atoms with Crippen LogP contribution in [0.5, 0.6) is 0 Å². The summed E-state index contributed by atoms with van der Waals surface area (Å²) in [6.07, 6.45) is 3.17. The van der Waals surface area contributed by atoms with Gasteiger partial charge in [0.05, 0.1) is 0 Å². The van der Waals surface area contributed by atoms with Crippen LogP contribution in [0.1, 0.15) is 0 Å². The van der Waals surface area contributed by atoms with E-state index in [1.807, 2.05) is 0 Å². The smallest absolute Gasteiger partial charge is 0.796 e. The Hall–Kier alpha value is 1.51. The molecule has 0 aromatic carbocycles. The van der Waals surface area contributed by atoms with E-state index in [4.69, 9.17) is 0 Å². The molecule has 0 bridgehead atoms. The molecular weight excluding hydrogens is 187 g/mol. The molecule has 0 aliphatic rings. The molecule has 0 aromatic rings. The topological polar surface area (TPSA) is 0 Å². The molecule has 0 unspecified atom stereocenters. The predicted octanol–water partition coefficient (Wildman–Crippen LogP) is 0.745. The van der Waals surface area contributed by atoms with Gasteiger partial charge < -0.3 is 25.3 Å². The van der Waals surface area contributed by atoms with Gasteiger partial charge in [-0.25, -0.2) is 0 Å². The molecule has 0 saturated heterocycles. The van der Waals surface area contributed by atoms with Crippen molar-refractivity contribution in [1.29, 1.82) is 0 Å². The van der Waals surface area contributed by atoms with Gasteiger partial charge in [0.25, 0.3) is 0 Å². The molecule has 0 spiro atoms. The number of halogens is 1. The Labute approximate surface area is 67.2 Å². The largest absolute Gasteiger partial charge is 2.00 e. The molecule has 0 fully saturated rings. The average molecular weight is 194 g/mol. The molecule has 45 valence electrons. The maximum atomic E-state index is 4.08. The molecule has 0 aliphatic carbocycles. The summed E-state index contributed by atoms with van der Waals surface area (Å²) in [5, 5.41) is 0. The van der Waals surface area contributed by atoms with Crippen LogP contribution in [0.15, 0.2) is 0 Å². The van der Waals surface area contributed by atoms with E-state index in [1.165, 1.54) is 0 Å². The van der Waals surface area contributed by atoms with Crippen molar-refractivity contribution in [2.45, 2.75) is 0 Å². The van der Waals surface area contributed by atoms with E-state index in [0.29, 0.717) is 0 Å². The summed E-state index contributed by atoms with van der Waals surface area (Å²) < 4.78 is 0. The zero-order valence-electron chi connectivity index (χ0n) is 3.53. The fourth-order valence-corrected chi connectivity index (χ4v) is 0. The standard InChI is InChI=1S/2CH4S.ClH.Cu/c2*1-2;;/h2*2H,1H3;1H;/q;;;+2/p-2. The van der Waals surface area contributed by atoms with Gasteiger partial charge in [0.2, 0.25) is 0 Å². The van der Waals surface area contributed by atoms with Crippen LogP contribution in [0, 0.1) is 0 Å². The van der Waals surface area contributed by atoms with Crippen molar-refractivity contribution in [2.24, 2.45) is 0 Å². The molecule has 4 heteroatoms. The molecule has 0 aliphatic heterocycles. The first-order valence-electron chi connectivity index (χ1n) is 0.816. The normalized spacial score (nSPS) is 2.00. The third-order valence-corrected chi connectivity index (χ3v) is 0. The molecule has 0 amide bonds. The Kier molecular flexibility index (Phi) is 373. The van der Waals surface area contributed by atoms with Gasteiger partial charge in [-0.15, -0.1) is 12.4 Å². The van der Waals surface area contributed by atoms with Crippen LogP contribution in [0.4, 0.5) is 0 Å². The molecule has 1 radical (unpaired) electrons. The summed E-state index contributed by atoms with van der Waals surface area (Å²) in [5.41, 5.74) is 0. The van der Waals surface area contributed by atoms with Crippen LogP contribution in [0.25, 0.3) is 0 Å². The van der Waals surface area contributed by atoms with Crippen LogP contribution in [0.2, 0.25) is 0 Å². The van der Waals surface area contributed by atoms with Crippen LogP contribution in [-0.4, -0.2) is 12.5 Å². The van der Waals surface area contributed by atoms with Crippen molar-refractivity contribution < 1.29 is 17.1 Å². The predicted molar refractivity (Wildman–Crippen MR) is 33.8 cm³/mol. The van der Waals surface area contributed by atoms with Crippen molar-refractivity contribution in [2.75, 3.05) is 12.5 Å². The van der Waals surface area contributed by atoms with Gasteiger partial charge in [0.15, 0.2) is 0 Å². The minimum Gasteiger partial charge on any atom is -0.796 e. The molecule has 0 N–H and O–H groups in total. The monoisotopic (exact) mass is 193 g/mol. The first kappa shape index (κ1) is 25.8. The van der Waals surface area contributed by atoms with E-state index < -0.39 is 0 Å². The second-order valence-electron chi connectivity index (χ2n) is 0. The van der Waals surface area contributed by atoms with Crippen molar-refractivity contribution >= 4 is 37.7 Å². The van der Waals surface area contributed by atoms with E-state index in [2.05, 4.69) is 25.3 Å². The van der Waals surface area contributed by atoms with Crippen molar-refractivity contribution in [3.05, 3.63) is 0 Å². The fraction of sp³-hybridized carbons (Fsp3) is 1.00. The van der Waals surface area contributed by atoms with Gasteiger partial charge in [-0.2, -0.15) is 12.5 Å². The molecular formula is C2H7ClCuS2. The van der Waals surface area contributed by atoms with E-state index in [9.17, 15) is 0 Å². The number of hydrogen-bond acceptors (Lipinski definition) is 2.